The molecule has 0 bridgehead atoms. The van der Waals surface area contributed by atoms with E-state index in [1.54, 1.807) is 6.07 Å². The van der Waals surface area contributed by atoms with Crippen LogP contribution >= 0.6 is 0 Å². The molecule has 1 aromatic carbocycles. The first kappa shape index (κ1) is 16.4. The van der Waals surface area contributed by atoms with Crippen LogP contribution in [0, 0.1) is 19.8 Å². The number of nitrogens with one attached hydrogen (secondary N) is 1. The lowest BCUT2D eigenvalue weighted by Crippen LogP contribution is -2.35. The van der Waals surface area contributed by atoms with Gasteiger partial charge in [-0.1, -0.05) is 13.0 Å². The standard InChI is InChI=1S/C19H24N4O/c1-13-5-4-10-23(12-13)18-9-8-17(21-22-18)19(24)20-16-7-6-14(2)15(3)11-16/h6-9,11,13H,4-5,10,12H2,1-3H3,(H,20,24). The van der Waals surface area contributed by atoms with Crippen molar-refractivity contribution in [1.29, 1.82) is 0 Å². The monoisotopic (exact) mass is 324 g/mol. The fourth-order valence-corrected chi connectivity index (χ4v) is 3.03. The second-order valence-electron chi connectivity index (χ2n) is 6.72. The molecule has 1 atom stereocenters. The topological polar surface area (TPSA) is 58.1 Å². The zero-order valence-corrected chi connectivity index (χ0v) is 14.5. The Bertz CT molecular complexity index is 727. The molecule has 5 nitrogen and oxygen atoms in total. The van der Waals surface area contributed by atoms with E-state index >= 15 is 0 Å². The van der Waals surface area contributed by atoms with Crippen molar-refractivity contribution in [2.75, 3.05) is 23.3 Å². The van der Waals surface area contributed by atoms with Crippen molar-refractivity contribution in [3.63, 3.8) is 0 Å². The van der Waals surface area contributed by atoms with Crippen molar-refractivity contribution in [3.8, 4) is 0 Å². The van der Waals surface area contributed by atoms with Crippen LogP contribution < -0.4 is 10.2 Å². The van der Waals surface area contributed by atoms with Crippen LogP contribution in [0.1, 0.15) is 41.4 Å². The molecule has 5 heteroatoms. The number of aromatic nitrogens is 2. The Hall–Kier alpha value is -2.43. The first-order valence-corrected chi connectivity index (χ1v) is 8.50. The molecule has 3 rings (SSSR count). The maximum absolute atomic E-state index is 12.3. The second kappa shape index (κ2) is 6.99. The maximum atomic E-state index is 12.3. The summed E-state index contributed by atoms with van der Waals surface area (Å²) in [6.07, 6.45) is 2.44. The minimum Gasteiger partial charge on any atom is -0.355 e. The average Bonchev–Trinajstić information content (AvgIpc) is 2.58. The Labute approximate surface area is 143 Å². The summed E-state index contributed by atoms with van der Waals surface area (Å²) in [5, 5.41) is 11.2. The van der Waals surface area contributed by atoms with Crippen LogP contribution in [0.3, 0.4) is 0 Å². The Balaban J connectivity index is 1.68. The van der Waals surface area contributed by atoms with Crippen molar-refractivity contribution < 1.29 is 4.79 Å². The van der Waals surface area contributed by atoms with Crippen molar-refractivity contribution >= 4 is 17.4 Å². The Kier molecular flexibility index (Phi) is 4.79. The van der Waals surface area contributed by atoms with E-state index in [2.05, 4.69) is 27.3 Å². The van der Waals surface area contributed by atoms with Crippen LogP contribution in [0.2, 0.25) is 0 Å². The van der Waals surface area contributed by atoms with Crippen molar-refractivity contribution in [3.05, 3.63) is 47.2 Å². The number of rotatable bonds is 3. The van der Waals surface area contributed by atoms with Gasteiger partial charge in [-0.15, -0.1) is 10.2 Å². The van der Waals surface area contributed by atoms with Crippen LogP contribution in [0.15, 0.2) is 30.3 Å². The minimum absolute atomic E-state index is 0.232. The third-order valence-electron chi connectivity index (χ3n) is 4.63. The normalized spacial score (nSPS) is 17.6. The summed E-state index contributed by atoms with van der Waals surface area (Å²) in [5.41, 5.74) is 3.46. The third-order valence-corrected chi connectivity index (χ3v) is 4.63. The summed E-state index contributed by atoms with van der Waals surface area (Å²) in [4.78, 5) is 14.6. The van der Waals surface area contributed by atoms with Gasteiger partial charge in [0, 0.05) is 18.8 Å². The number of nitrogens with zero attached hydrogens (tertiary/aromatic N) is 3. The number of hydrogen-bond acceptors (Lipinski definition) is 4. The van der Waals surface area contributed by atoms with Gasteiger partial charge in [-0.25, -0.2) is 0 Å². The Morgan fingerprint density at radius 2 is 2.00 bits per heavy atom. The zero-order valence-electron chi connectivity index (χ0n) is 14.5. The lowest BCUT2D eigenvalue weighted by molar-refractivity contribution is 0.102. The molecule has 1 aromatic heterocycles. The van der Waals surface area contributed by atoms with Crippen LogP contribution in [0.5, 0.6) is 0 Å². The maximum Gasteiger partial charge on any atom is 0.276 e. The molecular formula is C19H24N4O. The number of carbonyl (C=O) groups excluding carboxylic acids is 1. The van der Waals surface area contributed by atoms with E-state index in [0.717, 1.165) is 30.2 Å². The molecule has 2 heterocycles. The van der Waals surface area contributed by atoms with Crippen molar-refractivity contribution in [2.45, 2.75) is 33.6 Å². The highest BCUT2D eigenvalue weighted by molar-refractivity contribution is 6.02. The van der Waals surface area contributed by atoms with Crippen LogP contribution in [0.4, 0.5) is 11.5 Å². The molecule has 1 saturated heterocycles. The lowest BCUT2D eigenvalue weighted by atomic mass is 10.0. The number of piperidine rings is 1. The van der Waals surface area contributed by atoms with E-state index in [1.807, 2.05) is 38.1 Å². The summed E-state index contributed by atoms with van der Waals surface area (Å²) in [5.74, 6) is 1.29. The fourth-order valence-electron chi connectivity index (χ4n) is 3.03. The Morgan fingerprint density at radius 1 is 1.17 bits per heavy atom. The van der Waals surface area contributed by atoms with E-state index < -0.39 is 0 Å². The molecule has 0 aliphatic carbocycles. The summed E-state index contributed by atoms with van der Waals surface area (Å²) < 4.78 is 0. The van der Waals surface area contributed by atoms with E-state index in [1.165, 1.54) is 18.4 Å². The van der Waals surface area contributed by atoms with Gasteiger partial charge in [0.25, 0.3) is 5.91 Å². The van der Waals surface area contributed by atoms with E-state index in [9.17, 15) is 4.79 Å². The number of benzene rings is 1. The molecule has 1 N–H and O–H groups in total. The summed E-state index contributed by atoms with van der Waals surface area (Å²) in [6, 6.07) is 9.50. The van der Waals surface area contributed by atoms with Crippen LogP contribution in [-0.4, -0.2) is 29.2 Å². The highest BCUT2D eigenvalue weighted by Crippen LogP contribution is 2.21. The van der Waals surface area contributed by atoms with Crippen molar-refractivity contribution in [2.24, 2.45) is 5.92 Å². The number of carbonyl (C=O) groups is 1. The van der Waals surface area contributed by atoms with Gasteiger partial charge in [-0.2, -0.15) is 0 Å². The van der Waals surface area contributed by atoms with Gasteiger partial charge in [0.1, 0.15) is 0 Å². The van der Waals surface area contributed by atoms with Gasteiger partial charge >= 0.3 is 0 Å². The molecule has 0 radical (unpaired) electrons. The smallest absolute Gasteiger partial charge is 0.276 e. The van der Waals surface area contributed by atoms with Gasteiger partial charge in [0.2, 0.25) is 0 Å². The summed E-state index contributed by atoms with van der Waals surface area (Å²) in [7, 11) is 0. The molecule has 0 saturated carbocycles. The molecule has 1 aliphatic rings. The third kappa shape index (κ3) is 3.72. The Morgan fingerprint density at radius 3 is 2.67 bits per heavy atom. The van der Waals surface area contributed by atoms with Gasteiger partial charge in [0.05, 0.1) is 0 Å². The first-order chi connectivity index (χ1) is 11.5. The second-order valence-corrected chi connectivity index (χ2v) is 6.72. The molecule has 1 aliphatic heterocycles. The lowest BCUT2D eigenvalue weighted by Gasteiger charge is -2.31. The minimum atomic E-state index is -0.232. The number of amides is 1. The SMILES string of the molecule is Cc1ccc(NC(=O)c2ccc(N3CCCC(C)C3)nn2)cc1C. The molecular weight excluding hydrogens is 300 g/mol. The molecule has 2 aromatic rings. The van der Waals surface area contributed by atoms with Crippen LogP contribution in [0.25, 0.3) is 0 Å². The highest BCUT2D eigenvalue weighted by atomic mass is 16.1. The number of aryl methyl sites for hydroxylation is 2. The molecule has 24 heavy (non-hydrogen) atoms. The molecule has 0 spiro atoms. The zero-order chi connectivity index (χ0) is 17.1. The highest BCUT2D eigenvalue weighted by Gasteiger charge is 2.18. The van der Waals surface area contributed by atoms with E-state index in [0.29, 0.717) is 11.6 Å². The predicted octanol–water partition coefficient (Wildman–Crippen LogP) is 3.58. The van der Waals surface area contributed by atoms with Gasteiger partial charge < -0.3 is 10.2 Å². The summed E-state index contributed by atoms with van der Waals surface area (Å²) >= 11 is 0. The quantitative estimate of drug-likeness (QED) is 0.937. The molecule has 1 fully saturated rings. The van der Waals surface area contributed by atoms with Crippen molar-refractivity contribution in [1.82, 2.24) is 10.2 Å². The first-order valence-electron chi connectivity index (χ1n) is 8.50. The van der Waals surface area contributed by atoms with E-state index in [-0.39, 0.29) is 5.91 Å². The average molecular weight is 324 g/mol. The van der Waals surface area contributed by atoms with Crippen LogP contribution in [-0.2, 0) is 0 Å². The molecule has 1 amide bonds. The van der Waals surface area contributed by atoms with Gasteiger partial charge in [-0.3, -0.25) is 4.79 Å². The fraction of sp³-hybridized carbons (Fsp3) is 0.421. The van der Waals surface area contributed by atoms with Gasteiger partial charge in [-0.05, 0) is 68.0 Å². The van der Waals surface area contributed by atoms with Gasteiger partial charge in [0.15, 0.2) is 11.5 Å². The summed E-state index contributed by atoms with van der Waals surface area (Å²) in [6.45, 7) is 8.34. The molecule has 126 valence electrons. The van der Waals surface area contributed by atoms with E-state index in [4.69, 9.17) is 0 Å². The number of anilines is 2. The predicted molar refractivity (Wildman–Crippen MR) is 96.5 cm³/mol. The number of hydrogen-bond donors (Lipinski definition) is 1. The molecule has 1 unspecified atom stereocenters. The largest absolute Gasteiger partial charge is 0.355 e.